The van der Waals surface area contributed by atoms with Gasteiger partial charge in [-0.3, -0.25) is 4.79 Å². The summed E-state index contributed by atoms with van der Waals surface area (Å²) in [5, 5.41) is 4.36. The van der Waals surface area contributed by atoms with Gasteiger partial charge >= 0.3 is 0 Å². The van der Waals surface area contributed by atoms with E-state index in [9.17, 15) is 9.18 Å². The number of fused-ring (bicyclic) bond motifs is 1. The Morgan fingerprint density at radius 2 is 1.82 bits per heavy atom. The van der Waals surface area contributed by atoms with Gasteiger partial charge in [0, 0.05) is 17.7 Å². The van der Waals surface area contributed by atoms with Crippen LogP contribution in [0.25, 0.3) is 33.7 Å². The van der Waals surface area contributed by atoms with Crippen molar-refractivity contribution in [2.45, 2.75) is 6.61 Å². The van der Waals surface area contributed by atoms with Gasteiger partial charge in [0.25, 0.3) is 5.89 Å². The fraction of sp³-hybridized carbons (Fsp3) is 0.0800. The molecule has 0 aliphatic heterocycles. The highest BCUT2D eigenvalue weighted by Crippen LogP contribution is 2.29. The number of aromatic nitrogens is 2. The summed E-state index contributed by atoms with van der Waals surface area (Å²) in [4.78, 5) is 16.9. The zero-order chi connectivity index (χ0) is 22.8. The van der Waals surface area contributed by atoms with Crippen molar-refractivity contribution in [3.63, 3.8) is 0 Å². The first-order valence-electron chi connectivity index (χ1n) is 10.0. The summed E-state index contributed by atoms with van der Waals surface area (Å²) in [5.74, 6) is 1.72. The molecule has 0 amide bonds. The molecule has 0 bridgehead atoms. The van der Waals surface area contributed by atoms with Crippen molar-refractivity contribution in [2.24, 2.45) is 0 Å². The number of para-hydroxylation sites is 1. The van der Waals surface area contributed by atoms with Crippen LogP contribution in [-0.4, -0.2) is 17.3 Å². The van der Waals surface area contributed by atoms with E-state index in [0.717, 1.165) is 0 Å². The summed E-state index contributed by atoms with van der Waals surface area (Å²) < 4.78 is 35.5. The van der Waals surface area contributed by atoms with Gasteiger partial charge in [0.2, 0.25) is 5.82 Å². The minimum absolute atomic E-state index is 0.0477. The quantitative estimate of drug-likeness (QED) is 0.354. The van der Waals surface area contributed by atoms with Crippen LogP contribution in [0.2, 0.25) is 0 Å². The van der Waals surface area contributed by atoms with Crippen molar-refractivity contribution in [1.29, 1.82) is 0 Å². The van der Waals surface area contributed by atoms with Gasteiger partial charge in [0.15, 0.2) is 12.0 Å². The van der Waals surface area contributed by atoms with Gasteiger partial charge in [-0.25, -0.2) is 4.39 Å². The molecule has 0 radical (unpaired) electrons. The predicted molar refractivity (Wildman–Crippen MR) is 118 cm³/mol. The second kappa shape index (κ2) is 8.58. The summed E-state index contributed by atoms with van der Waals surface area (Å²) in [5.41, 5.74) is 1.42. The first kappa shape index (κ1) is 20.4. The number of ether oxygens (including phenoxy) is 2. The molecule has 33 heavy (non-hydrogen) atoms. The van der Waals surface area contributed by atoms with Crippen molar-refractivity contribution in [2.75, 3.05) is 7.11 Å². The number of methoxy groups -OCH3 is 1. The molecule has 164 valence electrons. The Labute approximate surface area is 187 Å². The Morgan fingerprint density at radius 3 is 2.64 bits per heavy atom. The lowest BCUT2D eigenvalue weighted by Gasteiger charge is -2.06. The predicted octanol–water partition coefficient (Wildman–Crippen LogP) is 5.24. The maximum atomic E-state index is 13.2. The van der Waals surface area contributed by atoms with Crippen LogP contribution in [0.15, 0.2) is 86.5 Å². The minimum Gasteiger partial charge on any atom is -0.496 e. The molecule has 5 aromatic rings. The number of halogens is 1. The van der Waals surface area contributed by atoms with E-state index in [-0.39, 0.29) is 17.9 Å². The molecular formula is C25H17FN2O5. The van der Waals surface area contributed by atoms with Crippen LogP contribution >= 0.6 is 0 Å². The Hall–Kier alpha value is -4.46. The molecule has 0 aliphatic rings. The molecule has 3 aromatic carbocycles. The largest absolute Gasteiger partial charge is 0.496 e. The first-order chi connectivity index (χ1) is 16.1. The molecule has 0 spiro atoms. The SMILES string of the molecule is COc1ccccc1-c1nc(COc2ccc3c(=O)cc(-c4ccc(F)cc4)oc3c2)no1. The molecule has 0 unspecified atom stereocenters. The molecule has 0 atom stereocenters. The van der Waals surface area contributed by atoms with Crippen molar-refractivity contribution < 1.29 is 22.8 Å². The fourth-order valence-electron chi connectivity index (χ4n) is 3.37. The highest BCUT2D eigenvalue weighted by Gasteiger charge is 2.14. The third kappa shape index (κ3) is 4.18. The zero-order valence-corrected chi connectivity index (χ0v) is 17.4. The smallest absolute Gasteiger partial charge is 0.261 e. The lowest BCUT2D eigenvalue weighted by Crippen LogP contribution is -2.02. The van der Waals surface area contributed by atoms with Gasteiger partial charge in [0.05, 0.1) is 18.1 Å². The fourth-order valence-corrected chi connectivity index (χ4v) is 3.37. The molecule has 5 rings (SSSR count). The van der Waals surface area contributed by atoms with E-state index in [1.807, 2.05) is 18.2 Å². The van der Waals surface area contributed by atoms with Crippen LogP contribution in [-0.2, 0) is 6.61 Å². The number of nitrogens with zero attached hydrogens (tertiary/aromatic N) is 2. The molecule has 0 saturated carbocycles. The zero-order valence-electron chi connectivity index (χ0n) is 17.4. The summed E-state index contributed by atoms with van der Waals surface area (Å²) >= 11 is 0. The summed E-state index contributed by atoms with van der Waals surface area (Å²) in [7, 11) is 1.57. The van der Waals surface area contributed by atoms with Crippen LogP contribution in [0.3, 0.4) is 0 Å². The van der Waals surface area contributed by atoms with Gasteiger partial charge in [-0.2, -0.15) is 4.98 Å². The Kier molecular flexibility index (Phi) is 5.32. The van der Waals surface area contributed by atoms with E-state index in [1.165, 1.54) is 18.2 Å². The maximum Gasteiger partial charge on any atom is 0.261 e. The van der Waals surface area contributed by atoms with Gasteiger partial charge in [-0.15, -0.1) is 0 Å². The van der Waals surface area contributed by atoms with Crippen LogP contribution in [0.5, 0.6) is 11.5 Å². The molecule has 0 N–H and O–H groups in total. The van der Waals surface area contributed by atoms with E-state index >= 15 is 0 Å². The highest BCUT2D eigenvalue weighted by molar-refractivity contribution is 5.80. The summed E-state index contributed by atoms with van der Waals surface area (Å²) in [6, 6.07) is 19.3. The monoisotopic (exact) mass is 444 g/mol. The lowest BCUT2D eigenvalue weighted by molar-refractivity contribution is 0.287. The molecule has 2 aromatic heterocycles. The number of benzene rings is 3. The Morgan fingerprint density at radius 1 is 1.00 bits per heavy atom. The average Bonchev–Trinajstić information content (AvgIpc) is 3.32. The molecule has 2 heterocycles. The number of rotatable bonds is 6. The molecule has 0 fully saturated rings. The normalized spacial score (nSPS) is 11.0. The minimum atomic E-state index is -0.368. The van der Waals surface area contributed by atoms with Crippen molar-refractivity contribution in [3.8, 4) is 34.3 Å². The second-order valence-electron chi connectivity index (χ2n) is 7.14. The van der Waals surface area contributed by atoms with E-state index in [0.29, 0.717) is 51.1 Å². The van der Waals surface area contributed by atoms with E-state index in [1.54, 1.807) is 43.5 Å². The molecule has 0 saturated heterocycles. The van der Waals surface area contributed by atoms with Gasteiger partial charge in [-0.05, 0) is 48.5 Å². The molecule has 0 aliphatic carbocycles. The standard InChI is InChI=1S/C25H17FN2O5/c1-30-21-5-3-2-4-19(21)25-27-24(28-33-25)14-31-17-10-11-18-20(29)13-22(32-23(18)12-17)15-6-8-16(26)9-7-15/h2-13H,14H2,1H3. The second-order valence-corrected chi connectivity index (χ2v) is 7.14. The third-order valence-electron chi connectivity index (χ3n) is 5.00. The maximum absolute atomic E-state index is 13.2. The van der Waals surface area contributed by atoms with Crippen LogP contribution in [0.4, 0.5) is 4.39 Å². The van der Waals surface area contributed by atoms with Crippen molar-refractivity contribution in [3.05, 3.63) is 94.7 Å². The average molecular weight is 444 g/mol. The van der Waals surface area contributed by atoms with E-state index in [4.69, 9.17) is 18.4 Å². The van der Waals surface area contributed by atoms with Crippen LogP contribution in [0, 0.1) is 5.82 Å². The van der Waals surface area contributed by atoms with Crippen molar-refractivity contribution >= 4 is 11.0 Å². The van der Waals surface area contributed by atoms with Gasteiger partial charge in [0.1, 0.15) is 28.7 Å². The lowest BCUT2D eigenvalue weighted by atomic mass is 10.1. The number of hydrogen-bond acceptors (Lipinski definition) is 7. The molecule has 8 heteroatoms. The third-order valence-corrected chi connectivity index (χ3v) is 5.00. The number of hydrogen-bond donors (Lipinski definition) is 0. The van der Waals surface area contributed by atoms with E-state index < -0.39 is 0 Å². The molecule has 7 nitrogen and oxygen atoms in total. The van der Waals surface area contributed by atoms with Crippen LogP contribution in [0.1, 0.15) is 5.82 Å². The molecular weight excluding hydrogens is 427 g/mol. The van der Waals surface area contributed by atoms with Gasteiger partial charge in [-0.1, -0.05) is 17.3 Å². The summed E-state index contributed by atoms with van der Waals surface area (Å²) in [6.45, 7) is 0.0477. The topological polar surface area (TPSA) is 87.6 Å². The highest BCUT2D eigenvalue weighted by atomic mass is 19.1. The summed E-state index contributed by atoms with van der Waals surface area (Å²) in [6.07, 6.45) is 0. The first-order valence-corrected chi connectivity index (χ1v) is 10.0. The van der Waals surface area contributed by atoms with Crippen LogP contribution < -0.4 is 14.9 Å². The Bertz CT molecular complexity index is 1490. The van der Waals surface area contributed by atoms with Crippen molar-refractivity contribution in [1.82, 2.24) is 10.1 Å². The van der Waals surface area contributed by atoms with E-state index in [2.05, 4.69) is 10.1 Å². The Balaban J connectivity index is 1.38. The van der Waals surface area contributed by atoms with Gasteiger partial charge < -0.3 is 18.4 Å².